The van der Waals surface area contributed by atoms with Crippen molar-refractivity contribution in [2.24, 2.45) is 5.73 Å². The summed E-state index contributed by atoms with van der Waals surface area (Å²) >= 11 is 1.23. The maximum absolute atomic E-state index is 11.1. The van der Waals surface area contributed by atoms with Crippen LogP contribution in [0, 0.1) is 13.8 Å². The standard InChI is InChI=1S/C9H12N4O2S/c1-5-3-8(12-6(2)11-5)16-4-7(14)13-9(10)15/h3H,4H2,1-2H3,(H3,10,13,14,15). The topological polar surface area (TPSA) is 98.0 Å². The Bertz CT molecular complexity index is 402. The highest BCUT2D eigenvalue weighted by Gasteiger charge is 2.06. The molecule has 0 aromatic carbocycles. The summed E-state index contributed by atoms with van der Waals surface area (Å²) in [5.41, 5.74) is 5.64. The molecule has 0 atom stereocenters. The fraction of sp³-hybridized carbons (Fsp3) is 0.333. The van der Waals surface area contributed by atoms with Gasteiger partial charge in [0.1, 0.15) is 10.9 Å². The SMILES string of the molecule is Cc1cc(SCC(=O)NC(N)=O)nc(C)n1. The first-order valence-electron chi connectivity index (χ1n) is 4.52. The monoisotopic (exact) mass is 240 g/mol. The third-order valence-corrected chi connectivity index (χ3v) is 2.47. The number of rotatable bonds is 3. The third kappa shape index (κ3) is 4.26. The summed E-state index contributed by atoms with van der Waals surface area (Å²) in [6.07, 6.45) is 0. The van der Waals surface area contributed by atoms with Crippen LogP contribution in [-0.2, 0) is 4.79 Å². The zero-order valence-corrected chi connectivity index (χ0v) is 9.80. The number of amides is 3. The molecular formula is C9H12N4O2S. The molecule has 0 fully saturated rings. The maximum Gasteiger partial charge on any atom is 0.318 e. The molecule has 0 spiro atoms. The first-order chi connectivity index (χ1) is 7.47. The van der Waals surface area contributed by atoms with Crippen molar-refractivity contribution in [1.82, 2.24) is 15.3 Å². The normalized spacial score (nSPS) is 9.88. The molecule has 0 bridgehead atoms. The van der Waals surface area contributed by atoms with E-state index in [1.807, 2.05) is 12.2 Å². The summed E-state index contributed by atoms with van der Waals surface area (Å²) < 4.78 is 0. The summed E-state index contributed by atoms with van der Waals surface area (Å²) in [6, 6.07) is 0.926. The molecule has 1 aromatic heterocycles. The number of nitrogens with one attached hydrogen (secondary N) is 1. The molecule has 6 nitrogen and oxygen atoms in total. The lowest BCUT2D eigenvalue weighted by molar-refractivity contribution is -0.117. The van der Waals surface area contributed by atoms with Gasteiger partial charge in [-0.15, -0.1) is 0 Å². The second-order valence-electron chi connectivity index (χ2n) is 3.10. The van der Waals surface area contributed by atoms with E-state index in [-0.39, 0.29) is 5.75 Å². The Labute approximate surface area is 97.0 Å². The highest BCUT2D eigenvalue weighted by molar-refractivity contribution is 7.99. The maximum atomic E-state index is 11.1. The van der Waals surface area contributed by atoms with Crippen molar-refractivity contribution in [3.8, 4) is 0 Å². The van der Waals surface area contributed by atoms with Gasteiger partial charge in [-0.25, -0.2) is 14.8 Å². The van der Waals surface area contributed by atoms with Crippen LogP contribution in [0.5, 0.6) is 0 Å². The van der Waals surface area contributed by atoms with Gasteiger partial charge in [-0.3, -0.25) is 10.1 Å². The van der Waals surface area contributed by atoms with Gasteiger partial charge in [-0.05, 0) is 19.9 Å². The van der Waals surface area contributed by atoms with Gasteiger partial charge < -0.3 is 5.73 Å². The summed E-state index contributed by atoms with van der Waals surface area (Å²) in [6.45, 7) is 3.63. The predicted octanol–water partition coefficient (Wildman–Crippen LogP) is 0.380. The number of urea groups is 1. The van der Waals surface area contributed by atoms with Gasteiger partial charge in [0.25, 0.3) is 0 Å². The van der Waals surface area contributed by atoms with Crippen LogP contribution >= 0.6 is 11.8 Å². The van der Waals surface area contributed by atoms with Gasteiger partial charge in [0, 0.05) is 5.69 Å². The molecule has 0 aliphatic carbocycles. The van der Waals surface area contributed by atoms with Crippen molar-refractivity contribution in [2.45, 2.75) is 18.9 Å². The molecule has 0 aliphatic heterocycles. The highest BCUT2D eigenvalue weighted by atomic mass is 32.2. The van der Waals surface area contributed by atoms with Crippen molar-refractivity contribution < 1.29 is 9.59 Å². The van der Waals surface area contributed by atoms with E-state index in [1.54, 1.807) is 13.0 Å². The summed E-state index contributed by atoms with van der Waals surface area (Å²) in [5.74, 6) is 0.308. The van der Waals surface area contributed by atoms with Crippen molar-refractivity contribution in [3.63, 3.8) is 0 Å². The van der Waals surface area contributed by atoms with Gasteiger partial charge >= 0.3 is 6.03 Å². The number of carbonyl (C=O) groups is 2. The Hall–Kier alpha value is -1.63. The van der Waals surface area contributed by atoms with E-state index in [0.29, 0.717) is 10.9 Å². The molecule has 0 aliphatic rings. The van der Waals surface area contributed by atoms with Gasteiger partial charge in [0.2, 0.25) is 5.91 Å². The Morgan fingerprint density at radius 2 is 2.12 bits per heavy atom. The first-order valence-corrected chi connectivity index (χ1v) is 5.50. The largest absolute Gasteiger partial charge is 0.351 e. The molecule has 86 valence electrons. The zero-order valence-electron chi connectivity index (χ0n) is 8.98. The zero-order chi connectivity index (χ0) is 12.1. The number of hydrogen-bond donors (Lipinski definition) is 2. The fourth-order valence-corrected chi connectivity index (χ4v) is 1.87. The number of nitrogens with zero attached hydrogens (tertiary/aromatic N) is 2. The lowest BCUT2D eigenvalue weighted by Crippen LogP contribution is -2.36. The number of aromatic nitrogens is 2. The van der Waals surface area contributed by atoms with E-state index in [9.17, 15) is 9.59 Å². The molecule has 16 heavy (non-hydrogen) atoms. The molecule has 1 heterocycles. The van der Waals surface area contributed by atoms with Crippen LogP contribution in [0.3, 0.4) is 0 Å². The highest BCUT2D eigenvalue weighted by Crippen LogP contribution is 2.15. The Morgan fingerprint density at radius 3 is 2.69 bits per heavy atom. The summed E-state index contributed by atoms with van der Waals surface area (Å²) in [4.78, 5) is 29.8. The van der Waals surface area contributed by atoms with Crippen molar-refractivity contribution in [3.05, 3.63) is 17.6 Å². The number of imide groups is 1. The Morgan fingerprint density at radius 1 is 1.44 bits per heavy atom. The molecule has 7 heteroatoms. The Kier molecular flexibility index (Phi) is 4.24. The van der Waals surface area contributed by atoms with Crippen LogP contribution in [0.1, 0.15) is 11.5 Å². The van der Waals surface area contributed by atoms with E-state index in [0.717, 1.165) is 5.69 Å². The minimum atomic E-state index is -0.847. The van der Waals surface area contributed by atoms with Gasteiger partial charge in [-0.1, -0.05) is 11.8 Å². The van der Waals surface area contributed by atoms with Gasteiger partial charge in [0.05, 0.1) is 5.75 Å². The fourth-order valence-electron chi connectivity index (χ4n) is 1.07. The number of thioether (sulfide) groups is 1. The first kappa shape index (κ1) is 12.4. The smallest absolute Gasteiger partial charge is 0.318 e. The molecule has 1 aromatic rings. The van der Waals surface area contributed by atoms with Gasteiger partial charge in [0.15, 0.2) is 0 Å². The van der Waals surface area contributed by atoms with E-state index < -0.39 is 11.9 Å². The molecule has 0 radical (unpaired) electrons. The van der Waals surface area contributed by atoms with Crippen molar-refractivity contribution in [2.75, 3.05) is 5.75 Å². The minimum absolute atomic E-state index is 0.0961. The molecule has 3 N–H and O–H groups in total. The number of carbonyl (C=O) groups excluding carboxylic acids is 2. The third-order valence-electron chi connectivity index (χ3n) is 1.56. The molecule has 0 saturated heterocycles. The molecule has 0 unspecified atom stereocenters. The second-order valence-corrected chi connectivity index (χ2v) is 4.09. The lowest BCUT2D eigenvalue weighted by atomic mass is 10.4. The summed E-state index contributed by atoms with van der Waals surface area (Å²) in [7, 11) is 0. The number of aryl methyl sites for hydroxylation is 2. The molecular weight excluding hydrogens is 228 g/mol. The summed E-state index contributed by atoms with van der Waals surface area (Å²) in [5, 5.41) is 2.68. The molecule has 0 saturated carbocycles. The average Bonchev–Trinajstić information content (AvgIpc) is 2.12. The van der Waals surface area contributed by atoms with Gasteiger partial charge in [-0.2, -0.15) is 0 Å². The quantitative estimate of drug-likeness (QED) is 0.588. The van der Waals surface area contributed by atoms with Crippen LogP contribution in [0.2, 0.25) is 0 Å². The van der Waals surface area contributed by atoms with Crippen LogP contribution in [0.4, 0.5) is 4.79 Å². The van der Waals surface area contributed by atoms with Crippen LogP contribution < -0.4 is 11.1 Å². The van der Waals surface area contributed by atoms with Crippen LogP contribution in [-0.4, -0.2) is 27.7 Å². The second kappa shape index (κ2) is 5.45. The Balaban J connectivity index is 2.54. The van der Waals surface area contributed by atoms with E-state index in [2.05, 4.69) is 9.97 Å². The number of primary amides is 1. The lowest BCUT2D eigenvalue weighted by Gasteiger charge is -2.02. The number of nitrogens with two attached hydrogens (primary N) is 1. The molecule has 3 amide bonds. The van der Waals surface area contributed by atoms with E-state index in [4.69, 9.17) is 5.73 Å². The minimum Gasteiger partial charge on any atom is -0.351 e. The van der Waals surface area contributed by atoms with Crippen LogP contribution in [0.25, 0.3) is 0 Å². The van der Waals surface area contributed by atoms with Crippen molar-refractivity contribution in [1.29, 1.82) is 0 Å². The average molecular weight is 240 g/mol. The van der Waals surface area contributed by atoms with Crippen molar-refractivity contribution >= 4 is 23.7 Å². The predicted molar refractivity (Wildman–Crippen MR) is 60.0 cm³/mol. The van der Waals surface area contributed by atoms with E-state index in [1.165, 1.54) is 11.8 Å². The number of hydrogen-bond acceptors (Lipinski definition) is 5. The van der Waals surface area contributed by atoms with E-state index >= 15 is 0 Å². The van der Waals surface area contributed by atoms with Crippen LogP contribution in [0.15, 0.2) is 11.1 Å². The molecule has 1 rings (SSSR count).